The first kappa shape index (κ1) is 12.1. The van der Waals surface area contributed by atoms with Crippen molar-refractivity contribution < 1.29 is 8.78 Å². The highest BCUT2D eigenvalue weighted by molar-refractivity contribution is 5.19. The molecule has 0 saturated carbocycles. The molecule has 0 heterocycles. The van der Waals surface area contributed by atoms with Crippen LogP contribution in [0.15, 0.2) is 18.2 Å². The van der Waals surface area contributed by atoms with Gasteiger partial charge < -0.3 is 0 Å². The molecule has 0 bridgehead atoms. The molecule has 0 saturated heterocycles. The highest BCUT2D eigenvalue weighted by atomic mass is 19.1. The van der Waals surface area contributed by atoms with Crippen molar-refractivity contribution in [1.29, 1.82) is 0 Å². The molecule has 0 radical (unpaired) electrons. The minimum absolute atomic E-state index is 0.0196. The quantitative estimate of drug-likeness (QED) is 0.594. The van der Waals surface area contributed by atoms with Gasteiger partial charge >= 0.3 is 0 Å². The van der Waals surface area contributed by atoms with E-state index in [9.17, 15) is 8.78 Å². The number of rotatable bonds is 4. The minimum Gasteiger partial charge on any atom is -0.271 e. The predicted molar refractivity (Wildman–Crippen MR) is 56.0 cm³/mol. The van der Waals surface area contributed by atoms with E-state index in [1.54, 1.807) is 0 Å². The van der Waals surface area contributed by atoms with E-state index in [0.29, 0.717) is 17.9 Å². The number of nitrogens with one attached hydrogen (secondary N) is 1. The molecule has 0 aliphatic carbocycles. The molecular formula is C11H16F2N2. The lowest BCUT2D eigenvalue weighted by atomic mass is 9.97. The van der Waals surface area contributed by atoms with Gasteiger partial charge in [0, 0.05) is 12.1 Å². The van der Waals surface area contributed by atoms with Crippen LogP contribution in [-0.2, 0) is 6.42 Å². The molecule has 1 atom stereocenters. The van der Waals surface area contributed by atoms with E-state index in [-0.39, 0.29) is 6.04 Å². The van der Waals surface area contributed by atoms with Crippen LogP contribution in [0.25, 0.3) is 0 Å². The SMILES string of the molecule is CC(C)C(Cc1cc(F)cc(F)c1)NN. The molecule has 1 rings (SSSR count). The second-order valence-corrected chi connectivity index (χ2v) is 4.00. The Balaban J connectivity index is 2.79. The summed E-state index contributed by atoms with van der Waals surface area (Å²) in [6.45, 7) is 4.00. The van der Waals surface area contributed by atoms with Gasteiger partial charge in [-0.25, -0.2) is 8.78 Å². The van der Waals surface area contributed by atoms with E-state index < -0.39 is 11.6 Å². The number of hydrogen-bond acceptors (Lipinski definition) is 2. The van der Waals surface area contributed by atoms with Crippen molar-refractivity contribution in [2.75, 3.05) is 0 Å². The molecule has 0 aliphatic rings. The van der Waals surface area contributed by atoms with Gasteiger partial charge in [-0.2, -0.15) is 0 Å². The first-order chi connectivity index (χ1) is 7.02. The Morgan fingerprint density at radius 2 is 1.73 bits per heavy atom. The van der Waals surface area contributed by atoms with Crippen LogP contribution < -0.4 is 11.3 Å². The molecule has 3 N–H and O–H groups in total. The van der Waals surface area contributed by atoms with E-state index in [0.717, 1.165) is 6.07 Å². The van der Waals surface area contributed by atoms with Crippen LogP contribution in [0.4, 0.5) is 8.78 Å². The number of hydrazine groups is 1. The fourth-order valence-electron chi connectivity index (χ4n) is 1.47. The van der Waals surface area contributed by atoms with Gasteiger partial charge in [0.2, 0.25) is 0 Å². The summed E-state index contributed by atoms with van der Waals surface area (Å²) in [6.07, 6.45) is 0.517. The lowest BCUT2D eigenvalue weighted by Crippen LogP contribution is -2.40. The van der Waals surface area contributed by atoms with Crippen LogP contribution in [0.5, 0.6) is 0 Å². The Bertz CT molecular complexity index is 306. The van der Waals surface area contributed by atoms with Crippen LogP contribution in [0.3, 0.4) is 0 Å². The highest BCUT2D eigenvalue weighted by Crippen LogP contribution is 2.13. The summed E-state index contributed by atoms with van der Waals surface area (Å²) in [6, 6.07) is 3.54. The summed E-state index contributed by atoms with van der Waals surface area (Å²) in [5.74, 6) is 4.56. The van der Waals surface area contributed by atoms with Crippen LogP contribution in [0.1, 0.15) is 19.4 Å². The van der Waals surface area contributed by atoms with Crippen molar-refractivity contribution in [3.63, 3.8) is 0 Å². The standard InChI is InChI=1S/C11H16F2N2/c1-7(2)11(15-14)5-8-3-9(12)6-10(13)4-8/h3-4,6-7,11,15H,5,14H2,1-2H3. The maximum Gasteiger partial charge on any atom is 0.126 e. The van der Waals surface area contributed by atoms with Gasteiger partial charge in [0.25, 0.3) is 0 Å². The van der Waals surface area contributed by atoms with E-state index in [1.165, 1.54) is 12.1 Å². The molecule has 0 aliphatic heterocycles. The molecule has 84 valence electrons. The topological polar surface area (TPSA) is 38.0 Å². The van der Waals surface area contributed by atoms with Crippen molar-refractivity contribution in [2.24, 2.45) is 11.8 Å². The zero-order valence-corrected chi connectivity index (χ0v) is 8.93. The summed E-state index contributed by atoms with van der Waals surface area (Å²) in [5.41, 5.74) is 3.26. The summed E-state index contributed by atoms with van der Waals surface area (Å²) in [5, 5.41) is 0. The molecule has 0 amide bonds. The summed E-state index contributed by atoms with van der Waals surface area (Å²) < 4.78 is 25.8. The highest BCUT2D eigenvalue weighted by Gasteiger charge is 2.13. The molecule has 0 spiro atoms. The number of benzene rings is 1. The monoisotopic (exact) mass is 214 g/mol. The third-order valence-electron chi connectivity index (χ3n) is 2.40. The maximum atomic E-state index is 12.9. The van der Waals surface area contributed by atoms with E-state index >= 15 is 0 Å². The molecule has 1 aromatic carbocycles. The average molecular weight is 214 g/mol. The van der Waals surface area contributed by atoms with Crippen LogP contribution in [-0.4, -0.2) is 6.04 Å². The molecule has 4 heteroatoms. The Morgan fingerprint density at radius 3 is 2.13 bits per heavy atom. The fourth-order valence-corrected chi connectivity index (χ4v) is 1.47. The van der Waals surface area contributed by atoms with Crippen molar-refractivity contribution >= 4 is 0 Å². The third-order valence-corrected chi connectivity index (χ3v) is 2.40. The molecule has 0 aromatic heterocycles. The first-order valence-electron chi connectivity index (χ1n) is 4.94. The lowest BCUT2D eigenvalue weighted by Gasteiger charge is -2.19. The molecule has 1 aromatic rings. The van der Waals surface area contributed by atoms with Gasteiger partial charge in [0.15, 0.2) is 0 Å². The maximum absolute atomic E-state index is 12.9. The largest absolute Gasteiger partial charge is 0.271 e. The normalized spacial score (nSPS) is 13.2. The van der Waals surface area contributed by atoms with Gasteiger partial charge in [0.05, 0.1) is 0 Å². The smallest absolute Gasteiger partial charge is 0.126 e. The van der Waals surface area contributed by atoms with Crippen LogP contribution in [0, 0.1) is 17.6 Å². The van der Waals surface area contributed by atoms with Gasteiger partial charge in [-0.05, 0) is 30.0 Å². The molecule has 0 fully saturated rings. The van der Waals surface area contributed by atoms with E-state index in [4.69, 9.17) is 5.84 Å². The minimum atomic E-state index is -0.551. The van der Waals surface area contributed by atoms with Gasteiger partial charge in [-0.3, -0.25) is 11.3 Å². The van der Waals surface area contributed by atoms with Gasteiger partial charge in [-0.1, -0.05) is 13.8 Å². The Kier molecular flexibility index (Phi) is 4.17. The fraction of sp³-hybridized carbons (Fsp3) is 0.455. The summed E-state index contributed by atoms with van der Waals surface area (Å²) in [7, 11) is 0. The van der Waals surface area contributed by atoms with Crippen LogP contribution >= 0.6 is 0 Å². The van der Waals surface area contributed by atoms with E-state index in [1.807, 2.05) is 13.8 Å². The number of hydrogen-bond donors (Lipinski definition) is 2. The summed E-state index contributed by atoms with van der Waals surface area (Å²) >= 11 is 0. The molecule has 15 heavy (non-hydrogen) atoms. The predicted octanol–water partition coefficient (Wildman–Crippen LogP) is 2.00. The third kappa shape index (κ3) is 3.57. The van der Waals surface area contributed by atoms with Gasteiger partial charge in [-0.15, -0.1) is 0 Å². The second-order valence-electron chi connectivity index (χ2n) is 4.00. The van der Waals surface area contributed by atoms with Crippen LogP contribution in [0.2, 0.25) is 0 Å². The Morgan fingerprint density at radius 1 is 1.20 bits per heavy atom. The van der Waals surface area contributed by atoms with Crippen molar-refractivity contribution in [3.05, 3.63) is 35.4 Å². The van der Waals surface area contributed by atoms with Crippen molar-refractivity contribution in [2.45, 2.75) is 26.3 Å². The van der Waals surface area contributed by atoms with E-state index in [2.05, 4.69) is 5.43 Å². The van der Waals surface area contributed by atoms with Crippen molar-refractivity contribution in [1.82, 2.24) is 5.43 Å². The first-order valence-corrected chi connectivity index (χ1v) is 4.94. The molecular weight excluding hydrogens is 198 g/mol. The number of nitrogens with two attached hydrogens (primary N) is 1. The average Bonchev–Trinajstić information content (AvgIpc) is 2.12. The Labute approximate surface area is 88.4 Å². The van der Waals surface area contributed by atoms with Gasteiger partial charge in [0.1, 0.15) is 11.6 Å². The molecule has 1 unspecified atom stereocenters. The summed E-state index contributed by atoms with van der Waals surface area (Å²) in [4.78, 5) is 0. The lowest BCUT2D eigenvalue weighted by molar-refractivity contribution is 0.403. The zero-order chi connectivity index (χ0) is 11.4. The van der Waals surface area contributed by atoms with Crippen molar-refractivity contribution in [3.8, 4) is 0 Å². The zero-order valence-electron chi connectivity index (χ0n) is 8.93. The Hall–Kier alpha value is -1.00. The second kappa shape index (κ2) is 5.19. The number of halogens is 2. The molecule has 2 nitrogen and oxygen atoms in total.